The number of piperazine rings is 1. The molecule has 1 aromatic carbocycles. The Labute approximate surface area is 144 Å². The van der Waals surface area contributed by atoms with E-state index in [4.69, 9.17) is 4.74 Å². The molecule has 1 aromatic heterocycles. The largest absolute Gasteiger partial charge is 0.496 e. The highest BCUT2D eigenvalue weighted by molar-refractivity contribution is 9.10. The van der Waals surface area contributed by atoms with Crippen molar-refractivity contribution >= 4 is 27.7 Å². The number of rotatable bonds is 3. The smallest absolute Gasteiger partial charge is 0.257 e. The molecule has 0 N–H and O–H groups in total. The standard InChI is InChI=1S/C17H18BrN3O2/c1-23-15-6-5-13(18)12-14(15)17(22)21-10-8-20(9-11-21)16-4-2-3-7-19-16/h2-7,12H,8-11H2,1H3. The number of pyridine rings is 1. The van der Waals surface area contributed by atoms with Crippen molar-refractivity contribution < 1.29 is 9.53 Å². The van der Waals surface area contributed by atoms with Crippen LogP contribution in [0.25, 0.3) is 0 Å². The van der Waals surface area contributed by atoms with Crippen molar-refractivity contribution in [3.8, 4) is 5.75 Å². The van der Waals surface area contributed by atoms with Crippen molar-refractivity contribution in [2.75, 3.05) is 38.2 Å². The molecule has 0 spiro atoms. The summed E-state index contributed by atoms with van der Waals surface area (Å²) >= 11 is 3.42. The number of ether oxygens (including phenoxy) is 1. The van der Waals surface area contributed by atoms with Crippen LogP contribution in [0.5, 0.6) is 5.75 Å². The number of hydrogen-bond acceptors (Lipinski definition) is 4. The van der Waals surface area contributed by atoms with Crippen LogP contribution in [0.15, 0.2) is 47.1 Å². The van der Waals surface area contributed by atoms with Crippen LogP contribution in [0.1, 0.15) is 10.4 Å². The highest BCUT2D eigenvalue weighted by atomic mass is 79.9. The third-order valence-corrected chi connectivity index (χ3v) is 4.43. The van der Waals surface area contributed by atoms with E-state index in [0.29, 0.717) is 24.4 Å². The van der Waals surface area contributed by atoms with E-state index in [1.165, 1.54) is 0 Å². The van der Waals surface area contributed by atoms with Crippen LogP contribution in [0, 0.1) is 0 Å². The number of nitrogens with zero attached hydrogens (tertiary/aromatic N) is 3. The minimum atomic E-state index is 0.00354. The molecule has 2 aromatic rings. The van der Waals surface area contributed by atoms with E-state index >= 15 is 0 Å². The average molecular weight is 376 g/mol. The van der Waals surface area contributed by atoms with Gasteiger partial charge >= 0.3 is 0 Å². The molecule has 6 heteroatoms. The van der Waals surface area contributed by atoms with Gasteiger partial charge in [-0.3, -0.25) is 4.79 Å². The summed E-state index contributed by atoms with van der Waals surface area (Å²) in [5.74, 6) is 1.56. The molecular weight excluding hydrogens is 358 g/mol. The molecule has 1 amide bonds. The number of carbonyl (C=O) groups excluding carboxylic acids is 1. The Kier molecular flexibility index (Phi) is 4.81. The number of anilines is 1. The molecule has 0 atom stereocenters. The van der Waals surface area contributed by atoms with Gasteiger partial charge < -0.3 is 14.5 Å². The fourth-order valence-electron chi connectivity index (χ4n) is 2.70. The molecular formula is C17H18BrN3O2. The second-order valence-corrected chi connectivity index (χ2v) is 6.23. The minimum absolute atomic E-state index is 0.00354. The summed E-state index contributed by atoms with van der Waals surface area (Å²) in [4.78, 5) is 21.2. The second-order valence-electron chi connectivity index (χ2n) is 5.31. The maximum Gasteiger partial charge on any atom is 0.257 e. The number of aromatic nitrogens is 1. The molecule has 120 valence electrons. The highest BCUT2D eigenvalue weighted by Gasteiger charge is 2.24. The Balaban J connectivity index is 1.70. The SMILES string of the molecule is COc1ccc(Br)cc1C(=O)N1CCN(c2ccccn2)CC1. The Morgan fingerprint density at radius 1 is 1.17 bits per heavy atom. The molecule has 1 aliphatic rings. The lowest BCUT2D eigenvalue weighted by Crippen LogP contribution is -2.49. The Morgan fingerprint density at radius 3 is 2.61 bits per heavy atom. The van der Waals surface area contributed by atoms with Gasteiger partial charge in [-0.15, -0.1) is 0 Å². The topological polar surface area (TPSA) is 45.7 Å². The van der Waals surface area contributed by atoms with E-state index in [9.17, 15) is 4.79 Å². The number of methoxy groups -OCH3 is 1. The zero-order valence-electron chi connectivity index (χ0n) is 12.9. The quantitative estimate of drug-likeness (QED) is 0.827. The van der Waals surface area contributed by atoms with Crippen molar-refractivity contribution in [3.63, 3.8) is 0 Å². The maximum atomic E-state index is 12.8. The molecule has 3 rings (SSSR count). The van der Waals surface area contributed by atoms with Crippen molar-refractivity contribution in [3.05, 3.63) is 52.6 Å². The summed E-state index contributed by atoms with van der Waals surface area (Å²) in [6.07, 6.45) is 1.79. The van der Waals surface area contributed by atoms with E-state index < -0.39 is 0 Å². The van der Waals surface area contributed by atoms with Crippen molar-refractivity contribution in [1.82, 2.24) is 9.88 Å². The lowest BCUT2D eigenvalue weighted by atomic mass is 10.1. The first-order chi connectivity index (χ1) is 11.2. The normalized spacial score (nSPS) is 14.7. The van der Waals surface area contributed by atoms with Gasteiger partial charge in [0, 0.05) is 36.8 Å². The first-order valence-electron chi connectivity index (χ1n) is 7.48. The summed E-state index contributed by atoms with van der Waals surface area (Å²) in [6, 6.07) is 11.4. The summed E-state index contributed by atoms with van der Waals surface area (Å²) in [5.41, 5.74) is 0.591. The zero-order chi connectivity index (χ0) is 16.2. The van der Waals surface area contributed by atoms with Crippen LogP contribution >= 0.6 is 15.9 Å². The lowest BCUT2D eigenvalue weighted by Gasteiger charge is -2.35. The predicted molar refractivity (Wildman–Crippen MR) is 93.0 cm³/mol. The molecule has 0 radical (unpaired) electrons. The van der Waals surface area contributed by atoms with Crippen molar-refractivity contribution in [1.29, 1.82) is 0 Å². The van der Waals surface area contributed by atoms with E-state index in [1.807, 2.05) is 41.3 Å². The molecule has 1 saturated heterocycles. The summed E-state index contributed by atoms with van der Waals surface area (Å²) in [5, 5.41) is 0. The maximum absolute atomic E-state index is 12.8. The molecule has 0 saturated carbocycles. The van der Waals surface area contributed by atoms with Gasteiger partial charge in [0.05, 0.1) is 12.7 Å². The van der Waals surface area contributed by atoms with Crippen LogP contribution in [-0.4, -0.2) is 49.1 Å². The number of benzene rings is 1. The average Bonchev–Trinajstić information content (AvgIpc) is 2.62. The van der Waals surface area contributed by atoms with Crippen molar-refractivity contribution in [2.45, 2.75) is 0 Å². The molecule has 1 fully saturated rings. The van der Waals surface area contributed by atoms with Gasteiger partial charge in [0.2, 0.25) is 0 Å². The first kappa shape index (κ1) is 15.8. The van der Waals surface area contributed by atoms with Gasteiger partial charge in [-0.2, -0.15) is 0 Å². The summed E-state index contributed by atoms with van der Waals surface area (Å²) in [7, 11) is 1.58. The van der Waals surface area contributed by atoms with Gasteiger partial charge in [-0.25, -0.2) is 4.98 Å². The van der Waals surface area contributed by atoms with Crippen LogP contribution in [-0.2, 0) is 0 Å². The Morgan fingerprint density at radius 2 is 1.96 bits per heavy atom. The van der Waals surface area contributed by atoms with Crippen LogP contribution < -0.4 is 9.64 Å². The third kappa shape index (κ3) is 3.47. The van der Waals surface area contributed by atoms with E-state index in [-0.39, 0.29) is 5.91 Å². The predicted octanol–water partition coefficient (Wildman–Crippen LogP) is 2.82. The van der Waals surface area contributed by atoms with Gasteiger partial charge in [0.25, 0.3) is 5.91 Å². The monoisotopic (exact) mass is 375 g/mol. The van der Waals surface area contributed by atoms with E-state index in [2.05, 4.69) is 25.8 Å². The fraction of sp³-hybridized carbons (Fsp3) is 0.294. The van der Waals surface area contributed by atoms with Gasteiger partial charge in [-0.1, -0.05) is 22.0 Å². The fourth-order valence-corrected chi connectivity index (χ4v) is 3.06. The molecule has 0 aliphatic carbocycles. The molecule has 1 aliphatic heterocycles. The number of amides is 1. The zero-order valence-corrected chi connectivity index (χ0v) is 14.5. The van der Waals surface area contributed by atoms with Crippen LogP contribution in [0.4, 0.5) is 5.82 Å². The third-order valence-electron chi connectivity index (χ3n) is 3.93. The van der Waals surface area contributed by atoms with Gasteiger partial charge in [-0.05, 0) is 30.3 Å². The molecule has 23 heavy (non-hydrogen) atoms. The highest BCUT2D eigenvalue weighted by Crippen LogP contribution is 2.25. The van der Waals surface area contributed by atoms with E-state index in [1.54, 1.807) is 13.3 Å². The van der Waals surface area contributed by atoms with E-state index in [0.717, 1.165) is 23.4 Å². The Bertz CT molecular complexity index is 685. The summed E-state index contributed by atoms with van der Waals surface area (Å²) in [6.45, 7) is 2.90. The van der Waals surface area contributed by atoms with Crippen molar-refractivity contribution in [2.24, 2.45) is 0 Å². The minimum Gasteiger partial charge on any atom is -0.496 e. The second kappa shape index (κ2) is 7.00. The van der Waals surface area contributed by atoms with Gasteiger partial charge in [0.15, 0.2) is 0 Å². The first-order valence-corrected chi connectivity index (χ1v) is 8.27. The molecule has 2 heterocycles. The Hall–Kier alpha value is -2.08. The molecule has 0 bridgehead atoms. The number of hydrogen-bond donors (Lipinski definition) is 0. The lowest BCUT2D eigenvalue weighted by molar-refractivity contribution is 0.0743. The van der Waals surface area contributed by atoms with Crippen LogP contribution in [0.3, 0.4) is 0 Å². The number of carbonyl (C=O) groups is 1. The van der Waals surface area contributed by atoms with Gasteiger partial charge in [0.1, 0.15) is 11.6 Å². The molecule has 5 nitrogen and oxygen atoms in total. The molecule has 0 unspecified atom stereocenters. The number of halogens is 1. The summed E-state index contributed by atoms with van der Waals surface area (Å²) < 4.78 is 6.18. The van der Waals surface area contributed by atoms with Crippen LogP contribution in [0.2, 0.25) is 0 Å².